The average molecular weight is 334 g/mol. The molecule has 0 aliphatic heterocycles. The van der Waals surface area contributed by atoms with Gasteiger partial charge in [0, 0.05) is 12.1 Å². The number of hydrogen-bond donors (Lipinski definition) is 1. The second-order valence-electron chi connectivity index (χ2n) is 6.48. The van der Waals surface area contributed by atoms with Crippen LogP contribution >= 0.6 is 0 Å². The molecule has 2 aromatic rings. The van der Waals surface area contributed by atoms with Gasteiger partial charge in [-0.2, -0.15) is 4.98 Å². The molecule has 1 amide bonds. The van der Waals surface area contributed by atoms with Crippen LogP contribution in [0, 0.1) is 5.92 Å². The Balaban J connectivity index is 2.20. The van der Waals surface area contributed by atoms with E-state index in [-0.39, 0.29) is 17.8 Å². The zero-order chi connectivity index (χ0) is 17.9. The third kappa shape index (κ3) is 4.43. The summed E-state index contributed by atoms with van der Waals surface area (Å²) in [4.78, 5) is 27.6. The van der Waals surface area contributed by atoms with E-state index in [1.165, 1.54) is 7.11 Å². The number of aromatic nitrogens is 3. The minimum Gasteiger partial charge on any atom is -0.469 e. The van der Waals surface area contributed by atoms with Crippen molar-refractivity contribution in [2.75, 3.05) is 12.4 Å². The fourth-order valence-electron chi connectivity index (χ4n) is 2.16. The summed E-state index contributed by atoms with van der Waals surface area (Å²) in [6.07, 6.45) is -0.179. The van der Waals surface area contributed by atoms with Crippen LogP contribution in [0.4, 0.5) is 10.7 Å². The van der Waals surface area contributed by atoms with Crippen LogP contribution in [0.1, 0.15) is 33.4 Å². The third-order valence-electron chi connectivity index (χ3n) is 3.17. The van der Waals surface area contributed by atoms with Gasteiger partial charge in [0.15, 0.2) is 5.65 Å². The molecule has 8 nitrogen and oxygen atoms in total. The lowest BCUT2D eigenvalue weighted by Gasteiger charge is -2.18. The Morgan fingerprint density at radius 3 is 2.67 bits per heavy atom. The summed E-state index contributed by atoms with van der Waals surface area (Å²) >= 11 is 0. The van der Waals surface area contributed by atoms with Crippen LogP contribution in [0.5, 0.6) is 0 Å². The van der Waals surface area contributed by atoms with E-state index in [1.807, 2.05) is 12.1 Å². The number of pyridine rings is 1. The first-order valence-corrected chi connectivity index (χ1v) is 7.62. The van der Waals surface area contributed by atoms with E-state index in [2.05, 4.69) is 15.4 Å². The number of rotatable bonds is 4. The first kappa shape index (κ1) is 17.7. The number of carbonyl (C=O) groups is 2. The third-order valence-corrected chi connectivity index (χ3v) is 3.17. The summed E-state index contributed by atoms with van der Waals surface area (Å²) in [6.45, 7) is 7.10. The van der Waals surface area contributed by atoms with Gasteiger partial charge in [-0.05, 0) is 32.9 Å². The molecule has 0 fully saturated rings. The lowest BCUT2D eigenvalue weighted by atomic mass is 10.1. The number of esters is 1. The SMILES string of the molecule is COC(=O)C(C)Cc1cccc2nc(NC(=O)OC(C)(C)C)nn12. The van der Waals surface area contributed by atoms with Crippen molar-refractivity contribution in [3.05, 3.63) is 23.9 Å². The summed E-state index contributed by atoms with van der Waals surface area (Å²) in [7, 11) is 1.36. The van der Waals surface area contributed by atoms with Crippen molar-refractivity contribution in [1.82, 2.24) is 14.6 Å². The second kappa shape index (κ2) is 6.86. The second-order valence-corrected chi connectivity index (χ2v) is 6.48. The van der Waals surface area contributed by atoms with E-state index < -0.39 is 11.7 Å². The minimum atomic E-state index is -0.622. The van der Waals surface area contributed by atoms with Crippen molar-refractivity contribution < 1.29 is 19.1 Å². The van der Waals surface area contributed by atoms with E-state index in [4.69, 9.17) is 9.47 Å². The van der Waals surface area contributed by atoms with Gasteiger partial charge in [0.1, 0.15) is 5.60 Å². The van der Waals surface area contributed by atoms with Gasteiger partial charge in [-0.15, -0.1) is 5.10 Å². The molecule has 1 unspecified atom stereocenters. The quantitative estimate of drug-likeness (QED) is 0.863. The Kier molecular flexibility index (Phi) is 5.06. The van der Waals surface area contributed by atoms with Crippen molar-refractivity contribution in [3.63, 3.8) is 0 Å². The van der Waals surface area contributed by atoms with Gasteiger partial charge in [-0.3, -0.25) is 10.1 Å². The summed E-state index contributed by atoms with van der Waals surface area (Å²) in [5.41, 5.74) is 0.746. The van der Waals surface area contributed by atoms with E-state index in [1.54, 1.807) is 38.3 Å². The van der Waals surface area contributed by atoms with Crippen LogP contribution in [-0.2, 0) is 20.7 Å². The highest BCUT2D eigenvalue weighted by Crippen LogP contribution is 2.14. The maximum absolute atomic E-state index is 11.8. The van der Waals surface area contributed by atoms with Gasteiger partial charge in [-0.1, -0.05) is 13.0 Å². The van der Waals surface area contributed by atoms with Crippen molar-refractivity contribution in [3.8, 4) is 0 Å². The summed E-state index contributed by atoms with van der Waals surface area (Å²) in [5.74, 6) is -0.464. The maximum Gasteiger partial charge on any atom is 0.414 e. The zero-order valence-corrected chi connectivity index (χ0v) is 14.5. The number of ether oxygens (including phenoxy) is 2. The van der Waals surface area contributed by atoms with Crippen LogP contribution in [0.15, 0.2) is 18.2 Å². The molecule has 1 N–H and O–H groups in total. The zero-order valence-electron chi connectivity index (χ0n) is 14.5. The average Bonchev–Trinajstić information content (AvgIpc) is 2.87. The molecular formula is C16H22N4O4. The maximum atomic E-state index is 11.8. The number of fused-ring (bicyclic) bond motifs is 1. The molecule has 0 spiro atoms. The molecule has 1 atom stereocenters. The van der Waals surface area contributed by atoms with Gasteiger partial charge in [0.2, 0.25) is 0 Å². The molecule has 2 rings (SSSR count). The number of nitrogens with zero attached hydrogens (tertiary/aromatic N) is 3. The molecule has 0 saturated carbocycles. The Hall–Kier alpha value is -2.64. The molecule has 130 valence electrons. The van der Waals surface area contributed by atoms with E-state index in [9.17, 15) is 9.59 Å². The van der Waals surface area contributed by atoms with E-state index in [0.717, 1.165) is 5.69 Å². The lowest BCUT2D eigenvalue weighted by Crippen LogP contribution is -2.27. The van der Waals surface area contributed by atoms with Crippen molar-refractivity contribution in [1.29, 1.82) is 0 Å². The normalized spacial score (nSPS) is 12.7. The molecule has 2 aromatic heterocycles. The molecule has 2 heterocycles. The van der Waals surface area contributed by atoms with Gasteiger partial charge in [-0.25, -0.2) is 9.31 Å². The number of methoxy groups -OCH3 is 1. The van der Waals surface area contributed by atoms with Crippen molar-refractivity contribution in [2.45, 2.75) is 39.7 Å². The van der Waals surface area contributed by atoms with Crippen LogP contribution < -0.4 is 5.32 Å². The van der Waals surface area contributed by atoms with Crippen LogP contribution in [0.25, 0.3) is 5.65 Å². The standard InChI is InChI=1S/C16H22N4O4/c1-10(13(21)23-5)9-11-7-6-8-12-17-14(19-20(11)12)18-15(22)24-16(2,3)4/h6-8,10H,9H2,1-5H3,(H,18,19,22). The summed E-state index contributed by atoms with van der Waals surface area (Å²) in [6, 6.07) is 5.43. The highest BCUT2D eigenvalue weighted by atomic mass is 16.6. The molecule has 0 aliphatic carbocycles. The highest BCUT2D eigenvalue weighted by molar-refractivity contribution is 5.82. The Morgan fingerprint density at radius 1 is 1.33 bits per heavy atom. The van der Waals surface area contributed by atoms with Crippen molar-refractivity contribution >= 4 is 23.7 Å². The van der Waals surface area contributed by atoms with E-state index >= 15 is 0 Å². The van der Waals surface area contributed by atoms with Crippen molar-refractivity contribution in [2.24, 2.45) is 5.92 Å². The molecule has 24 heavy (non-hydrogen) atoms. The summed E-state index contributed by atoms with van der Waals surface area (Å²) < 4.78 is 11.5. The van der Waals surface area contributed by atoms with Crippen LogP contribution in [0.2, 0.25) is 0 Å². The highest BCUT2D eigenvalue weighted by Gasteiger charge is 2.19. The number of hydrogen-bond acceptors (Lipinski definition) is 6. The molecule has 8 heteroatoms. The fourth-order valence-corrected chi connectivity index (χ4v) is 2.16. The summed E-state index contributed by atoms with van der Waals surface area (Å²) in [5, 5.41) is 6.77. The molecule has 0 aliphatic rings. The first-order valence-electron chi connectivity index (χ1n) is 7.62. The largest absolute Gasteiger partial charge is 0.469 e. The molecular weight excluding hydrogens is 312 g/mol. The smallest absolute Gasteiger partial charge is 0.414 e. The van der Waals surface area contributed by atoms with Gasteiger partial charge in [0.25, 0.3) is 5.95 Å². The number of amides is 1. The molecule has 0 radical (unpaired) electrons. The first-order chi connectivity index (χ1) is 11.2. The Labute approximate surface area is 140 Å². The van der Waals surface area contributed by atoms with Gasteiger partial charge in [0.05, 0.1) is 13.0 Å². The number of carbonyl (C=O) groups excluding carboxylic acids is 2. The lowest BCUT2D eigenvalue weighted by molar-refractivity contribution is -0.144. The molecule has 0 bridgehead atoms. The minimum absolute atomic E-state index is 0.141. The number of nitrogens with one attached hydrogen (secondary N) is 1. The van der Waals surface area contributed by atoms with Gasteiger partial charge < -0.3 is 9.47 Å². The fraction of sp³-hybridized carbons (Fsp3) is 0.500. The Morgan fingerprint density at radius 2 is 2.04 bits per heavy atom. The number of anilines is 1. The topological polar surface area (TPSA) is 94.8 Å². The predicted octanol–water partition coefficient (Wildman–Crippen LogP) is 2.43. The van der Waals surface area contributed by atoms with Crippen LogP contribution in [0.3, 0.4) is 0 Å². The van der Waals surface area contributed by atoms with E-state index in [0.29, 0.717) is 12.1 Å². The predicted molar refractivity (Wildman–Crippen MR) is 87.7 cm³/mol. The Bertz CT molecular complexity index is 748. The molecule has 0 aromatic carbocycles. The van der Waals surface area contributed by atoms with Crippen LogP contribution in [-0.4, -0.2) is 39.4 Å². The van der Waals surface area contributed by atoms with Gasteiger partial charge >= 0.3 is 12.1 Å². The monoisotopic (exact) mass is 334 g/mol. The molecule has 0 saturated heterocycles.